The monoisotopic (exact) mass is 341 g/mol. The second kappa shape index (κ2) is 15.9. The third-order valence-electron chi connectivity index (χ3n) is 4.72. The molecule has 0 aliphatic carbocycles. The predicted octanol–water partition coefficient (Wildman–Crippen LogP) is 5.99. The van der Waals surface area contributed by atoms with E-state index in [0.29, 0.717) is 11.0 Å². The van der Waals surface area contributed by atoms with Crippen molar-refractivity contribution in [1.82, 2.24) is 5.43 Å². The Kier molecular flexibility index (Phi) is 15.6. The number of quaternary nitrogens is 1. The van der Waals surface area contributed by atoms with Crippen LogP contribution in [0.4, 0.5) is 0 Å². The summed E-state index contributed by atoms with van der Waals surface area (Å²) in [7, 11) is 4.12. The molecule has 0 spiro atoms. The largest absolute Gasteiger partial charge is 0.270 e. The summed E-state index contributed by atoms with van der Waals surface area (Å²) in [5.74, 6) is 0.205. The van der Waals surface area contributed by atoms with Crippen molar-refractivity contribution in [2.75, 3.05) is 20.6 Å². The molecule has 0 heterocycles. The third kappa shape index (κ3) is 16.3. The number of rotatable bonds is 17. The van der Waals surface area contributed by atoms with Gasteiger partial charge in [0, 0.05) is 6.42 Å². The molecule has 0 unspecified atom stereocenters. The first-order valence-electron chi connectivity index (χ1n) is 10.7. The van der Waals surface area contributed by atoms with Crippen molar-refractivity contribution in [3.8, 4) is 0 Å². The molecule has 0 aromatic carbocycles. The van der Waals surface area contributed by atoms with Crippen LogP contribution >= 0.6 is 0 Å². The molecule has 0 rings (SSSR count). The van der Waals surface area contributed by atoms with Crippen LogP contribution in [0.3, 0.4) is 0 Å². The molecule has 0 saturated heterocycles. The van der Waals surface area contributed by atoms with Gasteiger partial charge in [0.2, 0.25) is 0 Å². The van der Waals surface area contributed by atoms with Crippen molar-refractivity contribution < 1.29 is 9.39 Å². The van der Waals surface area contributed by atoms with E-state index in [2.05, 4.69) is 33.4 Å². The summed E-state index contributed by atoms with van der Waals surface area (Å²) in [5, 5.41) is 0. The lowest BCUT2D eigenvalue weighted by Crippen LogP contribution is -2.54. The van der Waals surface area contributed by atoms with E-state index in [-0.39, 0.29) is 5.91 Å². The smallest absolute Gasteiger partial charge is 0.264 e. The average Bonchev–Trinajstić information content (AvgIpc) is 2.51. The lowest BCUT2D eigenvalue weighted by Gasteiger charge is -2.28. The van der Waals surface area contributed by atoms with E-state index in [1.165, 1.54) is 77.0 Å². The number of carbonyl (C=O) groups excluding carboxylic acids is 1. The molecule has 0 aromatic heterocycles. The SMILES string of the molecule is CCCCCCCCCCCCCCCC(=O)N[N+](C)(C)CCC. The van der Waals surface area contributed by atoms with Crippen LogP contribution in [-0.4, -0.2) is 31.1 Å². The molecule has 144 valence electrons. The highest BCUT2D eigenvalue weighted by atomic mass is 16.2. The maximum absolute atomic E-state index is 11.9. The Morgan fingerprint density at radius 1 is 0.667 bits per heavy atom. The van der Waals surface area contributed by atoms with Crippen LogP contribution in [0.25, 0.3) is 0 Å². The summed E-state index contributed by atoms with van der Waals surface area (Å²) in [6.07, 6.45) is 19.3. The number of unbranched alkanes of at least 4 members (excludes halogenated alkanes) is 12. The van der Waals surface area contributed by atoms with E-state index in [1.807, 2.05) is 0 Å². The van der Waals surface area contributed by atoms with Crippen LogP contribution in [-0.2, 0) is 4.79 Å². The molecule has 0 aliphatic rings. The topological polar surface area (TPSA) is 29.1 Å². The third-order valence-corrected chi connectivity index (χ3v) is 4.72. The summed E-state index contributed by atoms with van der Waals surface area (Å²) in [4.78, 5) is 11.9. The van der Waals surface area contributed by atoms with E-state index in [4.69, 9.17) is 0 Å². The first-order chi connectivity index (χ1) is 11.5. The molecular weight excluding hydrogens is 296 g/mol. The van der Waals surface area contributed by atoms with Crippen molar-refractivity contribution >= 4 is 5.91 Å². The van der Waals surface area contributed by atoms with Crippen molar-refractivity contribution in [3.05, 3.63) is 0 Å². The molecule has 0 aromatic rings. The minimum atomic E-state index is 0.205. The molecule has 1 N–H and O–H groups in total. The summed E-state index contributed by atoms with van der Waals surface area (Å²) < 4.78 is 0.605. The first-order valence-corrected chi connectivity index (χ1v) is 10.7. The Morgan fingerprint density at radius 3 is 1.50 bits per heavy atom. The summed E-state index contributed by atoms with van der Waals surface area (Å²) in [6, 6.07) is 0. The fourth-order valence-corrected chi connectivity index (χ4v) is 3.31. The molecule has 3 heteroatoms. The molecule has 0 aliphatic heterocycles. The highest BCUT2D eigenvalue weighted by Gasteiger charge is 2.16. The molecular formula is C21H45N2O+. The van der Waals surface area contributed by atoms with Gasteiger partial charge in [0.05, 0.1) is 14.1 Å². The summed E-state index contributed by atoms with van der Waals surface area (Å²) in [5.41, 5.74) is 3.10. The molecule has 0 fully saturated rings. The number of nitrogens with zero attached hydrogens (tertiary/aromatic N) is 1. The second-order valence-electron chi connectivity index (χ2n) is 7.94. The summed E-state index contributed by atoms with van der Waals surface area (Å²) in [6.45, 7) is 5.42. The van der Waals surface area contributed by atoms with Gasteiger partial charge in [0.1, 0.15) is 6.54 Å². The number of amides is 1. The van der Waals surface area contributed by atoms with Gasteiger partial charge in [-0.3, -0.25) is 4.79 Å². The zero-order valence-electron chi connectivity index (χ0n) is 17.2. The van der Waals surface area contributed by atoms with Crippen molar-refractivity contribution in [3.63, 3.8) is 0 Å². The van der Waals surface area contributed by atoms with Crippen LogP contribution in [0.1, 0.15) is 110 Å². The van der Waals surface area contributed by atoms with E-state index in [9.17, 15) is 4.79 Å². The predicted molar refractivity (Wildman–Crippen MR) is 106 cm³/mol. The standard InChI is InChI=1S/C21H44N2O/c1-5-7-8-9-10-11-12-13-14-15-16-17-18-19-21(24)22-23(3,4)20-6-2/h5-20H2,1-4H3/p+1. The number of hydrogen-bond acceptors (Lipinski definition) is 1. The maximum Gasteiger partial charge on any atom is 0.264 e. The molecule has 24 heavy (non-hydrogen) atoms. The van der Waals surface area contributed by atoms with Gasteiger partial charge in [-0.15, -0.1) is 0 Å². The highest BCUT2D eigenvalue weighted by molar-refractivity contribution is 5.74. The van der Waals surface area contributed by atoms with Crippen LogP contribution in [0, 0.1) is 0 Å². The second-order valence-corrected chi connectivity index (χ2v) is 7.94. The van der Waals surface area contributed by atoms with Crippen LogP contribution in [0.15, 0.2) is 0 Å². The van der Waals surface area contributed by atoms with Gasteiger partial charge in [0.15, 0.2) is 0 Å². The van der Waals surface area contributed by atoms with E-state index in [1.54, 1.807) is 0 Å². The molecule has 0 saturated carbocycles. The van der Waals surface area contributed by atoms with Gasteiger partial charge in [-0.25, -0.2) is 10.0 Å². The first kappa shape index (κ1) is 23.4. The van der Waals surface area contributed by atoms with Gasteiger partial charge in [-0.05, 0) is 12.8 Å². The minimum absolute atomic E-state index is 0.205. The Bertz CT molecular complexity index is 290. The van der Waals surface area contributed by atoms with Crippen LogP contribution in [0.5, 0.6) is 0 Å². The Morgan fingerprint density at radius 2 is 1.08 bits per heavy atom. The van der Waals surface area contributed by atoms with Crippen LogP contribution < -0.4 is 5.43 Å². The van der Waals surface area contributed by atoms with Gasteiger partial charge in [-0.1, -0.05) is 90.9 Å². The van der Waals surface area contributed by atoms with E-state index >= 15 is 0 Å². The highest BCUT2D eigenvalue weighted by Crippen LogP contribution is 2.13. The van der Waals surface area contributed by atoms with Gasteiger partial charge in [-0.2, -0.15) is 0 Å². The van der Waals surface area contributed by atoms with Crippen LogP contribution in [0.2, 0.25) is 0 Å². The summed E-state index contributed by atoms with van der Waals surface area (Å²) >= 11 is 0. The lowest BCUT2D eigenvalue weighted by molar-refractivity contribution is -0.925. The zero-order chi connectivity index (χ0) is 18.1. The maximum atomic E-state index is 11.9. The number of carbonyl (C=O) groups is 1. The Labute approximate surface area is 152 Å². The minimum Gasteiger partial charge on any atom is -0.270 e. The normalized spacial score (nSPS) is 11.7. The van der Waals surface area contributed by atoms with Crippen molar-refractivity contribution in [2.24, 2.45) is 0 Å². The van der Waals surface area contributed by atoms with Gasteiger partial charge >= 0.3 is 0 Å². The van der Waals surface area contributed by atoms with Gasteiger partial charge < -0.3 is 0 Å². The number of hydrogen-bond donors (Lipinski definition) is 1. The molecule has 0 bridgehead atoms. The van der Waals surface area contributed by atoms with Crippen molar-refractivity contribution in [2.45, 2.75) is 110 Å². The van der Waals surface area contributed by atoms with Crippen molar-refractivity contribution in [1.29, 1.82) is 0 Å². The molecule has 0 atom stereocenters. The molecule has 1 amide bonds. The van der Waals surface area contributed by atoms with E-state index in [0.717, 1.165) is 19.4 Å². The Balaban J connectivity index is 3.29. The van der Waals surface area contributed by atoms with E-state index < -0.39 is 0 Å². The molecule has 0 radical (unpaired) electrons. The quantitative estimate of drug-likeness (QED) is 0.197. The average molecular weight is 342 g/mol. The van der Waals surface area contributed by atoms with Gasteiger partial charge in [0.25, 0.3) is 5.91 Å². The zero-order valence-corrected chi connectivity index (χ0v) is 17.2. The Hall–Kier alpha value is -0.570. The molecule has 3 nitrogen and oxygen atoms in total. The fourth-order valence-electron chi connectivity index (χ4n) is 3.31. The lowest BCUT2D eigenvalue weighted by atomic mass is 10.0. The fraction of sp³-hybridized carbons (Fsp3) is 0.952. The number of nitrogens with one attached hydrogen (secondary N) is 1.